The molecular formula is C21H25N5O2. The zero-order valence-electron chi connectivity index (χ0n) is 16.0. The number of nitrogens with zero attached hydrogens (tertiary/aromatic N) is 3. The monoisotopic (exact) mass is 379 g/mol. The maximum absolute atomic E-state index is 12.1. The molecule has 2 N–H and O–H groups in total. The fourth-order valence-electron chi connectivity index (χ4n) is 3.30. The molecule has 0 spiro atoms. The van der Waals surface area contributed by atoms with Gasteiger partial charge in [0.1, 0.15) is 17.6 Å². The first kappa shape index (κ1) is 19.5. The van der Waals surface area contributed by atoms with Gasteiger partial charge in [-0.2, -0.15) is 5.26 Å². The lowest BCUT2D eigenvalue weighted by atomic mass is 9.96. The van der Waals surface area contributed by atoms with Crippen molar-refractivity contribution in [3.05, 3.63) is 48.2 Å². The molecule has 1 aromatic carbocycles. The maximum Gasteiger partial charge on any atom is 0.319 e. The number of nitrogens with one attached hydrogen (secondary N) is 2. The first-order chi connectivity index (χ1) is 13.7. The van der Waals surface area contributed by atoms with E-state index in [9.17, 15) is 10.1 Å². The molecule has 2 heterocycles. The summed E-state index contributed by atoms with van der Waals surface area (Å²) < 4.78 is 5.39. The van der Waals surface area contributed by atoms with Gasteiger partial charge in [0, 0.05) is 31.5 Å². The van der Waals surface area contributed by atoms with Gasteiger partial charge >= 0.3 is 6.03 Å². The van der Waals surface area contributed by atoms with E-state index < -0.39 is 0 Å². The van der Waals surface area contributed by atoms with Crippen molar-refractivity contribution in [2.75, 3.05) is 36.5 Å². The third-order valence-electron chi connectivity index (χ3n) is 4.80. The van der Waals surface area contributed by atoms with Crippen molar-refractivity contribution in [2.45, 2.75) is 19.8 Å². The summed E-state index contributed by atoms with van der Waals surface area (Å²) in [6, 6.07) is 12.9. The van der Waals surface area contributed by atoms with Crippen LogP contribution >= 0.6 is 0 Å². The minimum Gasteiger partial charge on any atom is -0.494 e. The van der Waals surface area contributed by atoms with Crippen molar-refractivity contribution in [1.82, 2.24) is 10.3 Å². The maximum atomic E-state index is 12.1. The summed E-state index contributed by atoms with van der Waals surface area (Å²) in [6.07, 6.45) is 3.62. The Bertz CT molecular complexity index is 823. The van der Waals surface area contributed by atoms with Crippen molar-refractivity contribution in [3.8, 4) is 11.8 Å². The summed E-state index contributed by atoms with van der Waals surface area (Å²) in [4.78, 5) is 18.6. The minimum absolute atomic E-state index is 0.205. The zero-order valence-corrected chi connectivity index (χ0v) is 16.0. The van der Waals surface area contributed by atoms with Gasteiger partial charge in [-0.1, -0.05) is 0 Å². The standard InChI is InChI=1S/C21H25N5O2/c1-2-28-19-7-5-18(6-8-19)25-21(27)24-15-16-9-12-26(13-10-16)20-17(14-22)4-3-11-23-20/h3-8,11,16H,2,9-10,12-13,15H2,1H3,(H2,24,25,27). The lowest BCUT2D eigenvalue weighted by Gasteiger charge is -2.33. The normalized spacial score (nSPS) is 14.2. The molecule has 28 heavy (non-hydrogen) atoms. The number of urea groups is 1. The van der Waals surface area contributed by atoms with Gasteiger partial charge in [0.05, 0.1) is 12.2 Å². The molecule has 0 radical (unpaired) electrons. The largest absolute Gasteiger partial charge is 0.494 e. The Morgan fingerprint density at radius 3 is 2.71 bits per heavy atom. The Morgan fingerprint density at radius 1 is 1.29 bits per heavy atom. The topological polar surface area (TPSA) is 90.3 Å². The highest BCUT2D eigenvalue weighted by Gasteiger charge is 2.22. The number of pyridine rings is 1. The summed E-state index contributed by atoms with van der Waals surface area (Å²) in [6.45, 7) is 4.84. The van der Waals surface area contributed by atoms with Crippen LogP contribution in [0.3, 0.4) is 0 Å². The highest BCUT2D eigenvalue weighted by Crippen LogP contribution is 2.24. The number of amides is 2. The smallest absolute Gasteiger partial charge is 0.319 e. The quantitative estimate of drug-likeness (QED) is 0.803. The second-order valence-corrected chi connectivity index (χ2v) is 6.71. The van der Waals surface area contributed by atoms with Gasteiger partial charge in [-0.3, -0.25) is 0 Å². The second-order valence-electron chi connectivity index (χ2n) is 6.71. The Balaban J connectivity index is 1.42. The predicted molar refractivity (Wildman–Crippen MR) is 109 cm³/mol. The van der Waals surface area contributed by atoms with Crippen molar-refractivity contribution in [3.63, 3.8) is 0 Å². The van der Waals surface area contributed by atoms with E-state index in [1.165, 1.54) is 0 Å². The van der Waals surface area contributed by atoms with E-state index in [0.717, 1.165) is 43.2 Å². The van der Waals surface area contributed by atoms with E-state index in [0.29, 0.717) is 24.6 Å². The van der Waals surface area contributed by atoms with Gasteiger partial charge < -0.3 is 20.3 Å². The lowest BCUT2D eigenvalue weighted by Crippen LogP contribution is -2.40. The molecule has 0 aliphatic carbocycles. The Morgan fingerprint density at radius 2 is 2.04 bits per heavy atom. The molecule has 3 rings (SSSR count). The van der Waals surface area contributed by atoms with Gasteiger partial charge in [-0.05, 0) is 62.1 Å². The molecule has 0 saturated carbocycles. The number of anilines is 2. The molecule has 1 saturated heterocycles. The molecule has 7 heteroatoms. The average molecular weight is 379 g/mol. The van der Waals surface area contributed by atoms with Gasteiger partial charge in [-0.15, -0.1) is 0 Å². The lowest BCUT2D eigenvalue weighted by molar-refractivity contribution is 0.248. The predicted octanol–water partition coefficient (Wildman–Crippen LogP) is 3.39. The summed E-state index contributed by atoms with van der Waals surface area (Å²) in [5.41, 5.74) is 1.34. The molecule has 1 aromatic heterocycles. The van der Waals surface area contributed by atoms with Crippen LogP contribution in [0, 0.1) is 17.2 Å². The van der Waals surface area contributed by atoms with Crippen molar-refractivity contribution >= 4 is 17.5 Å². The summed E-state index contributed by atoms with van der Waals surface area (Å²) in [5.74, 6) is 1.95. The third-order valence-corrected chi connectivity index (χ3v) is 4.80. The fourth-order valence-corrected chi connectivity index (χ4v) is 3.30. The summed E-state index contributed by atoms with van der Waals surface area (Å²) >= 11 is 0. The van der Waals surface area contributed by atoms with Crippen LogP contribution in [0.5, 0.6) is 5.75 Å². The van der Waals surface area contributed by atoms with Crippen molar-refractivity contribution < 1.29 is 9.53 Å². The molecule has 0 bridgehead atoms. The fraction of sp³-hybridized carbons (Fsp3) is 0.381. The van der Waals surface area contributed by atoms with Crippen LogP contribution in [0.4, 0.5) is 16.3 Å². The molecular weight excluding hydrogens is 354 g/mol. The van der Waals surface area contributed by atoms with Gasteiger partial charge in [-0.25, -0.2) is 9.78 Å². The molecule has 0 atom stereocenters. The average Bonchev–Trinajstić information content (AvgIpc) is 2.74. The van der Waals surface area contributed by atoms with E-state index in [1.54, 1.807) is 18.3 Å². The first-order valence-corrected chi connectivity index (χ1v) is 9.57. The molecule has 7 nitrogen and oxygen atoms in total. The van der Waals surface area contributed by atoms with Crippen LogP contribution in [0.2, 0.25) is 0 Å². The van der Waals surface area contributed by atoms with Crippen molar-refractivity contribution in [2.24, 2.45) is 5.92 Å². The van der Waals surface area contributed by atoms with Crippen molar-refractivity contribution in [1.29, 1.82) is 5.26 Å². The number of carbonyl (C=O) groups is 1. The first-order valence-electron chi connectivity index (χ1n) is 9.57. The van der Waals surface area contributed by atoms with Gasteiger partial charge in [0.15, 0.2) is 0 Å². The van der Waals surface area contributed by atoms with Gasteiger partial charge in [0.25, 0.3) is 0 Å². The van der Waals surface area contributed by atoms with Crippen LogP contribution in [0.25, 0.3) is 0 Å². The number of piperidine rings is 1. The summed E-state index contributed by atoms with van der Waals surface area (Å²) in [5, 5.41) is 15.0. The second kappa shape index (κ2) is 9.60. The van der Waals surface area contributed by atoms with Crippen LogP contribution in [-0.4, -0.2) is 37.3 Å². The summed E-state index contributed by atoms with van der Waals surface area (Å²) in [7, 11) is 0. The number of carbonyl (C=O) groups excluding carboxylic acids is 1. The van der Waals surface area contributed by atoms with Gasteiger partial charge in [0.2, 0.25) is 0 Å². The number of ether oxygens (including phenoxy) is 1. The molecule has 146 valence electrons. The zero-order chi connectivity index (χ0) is 19.8. The molecule has 1 aliphatic heterocycles. The SMILES string of the molecule is CCOc1ccc(NC(=O)NCC2CCN(c3ncccc3C#N)CC2)cc1. The number of benzene rings is 1. The van der Waals surface area contributed by atoms with E-state index >= 15 is 0 Å². The van der Waals surface area contributed by atoms with Crippen LogP contribution < -0.4 is 20.3 Å². The molecule has 0 unspecified atom stereocenters. The highest BCUT2D eigenvalue weighted by atomic mass is 16.5. The Hall–Kier alpha value is -3.27. The molecule has 1 fully saturated rings. The number of hydrogen-bond donors (Lipinski definition) is 2. The number of nitriles is 1. The van der Waals surface area contributed by atoms with E-state index in [4.69, 9.17) is 4.74 Å². The number of hydrogen-bond acceptors (Lipinski definition) is 5. The number of aromatic nitrogens is 1. The Labute approximate surface area is 165 Å². The highest BCUT2D eigenvalue weighted by molar-refractivity contribution is 5.89. The number of rotatable bonds is 6. The molecule has 2 aromatic rings. The van der Waals surface area contributed by atoms with Crippen LogP contribution in [0.15, 0.2) is 42.6 Å². The molecule has 2 amide bonds. The van der Waals surface area contributed by atoms with Crippen LogP contribution in [-0.2, 0) is 0 Å². The minimum atomic E-state index is -0.205. The molecule has 1 aliphatic rings. The van der Waals surface area contributed by atoms with E-state index in [-0.39, 0.29) is 6.03 Å². The third kappa shape index (κ3) is 5.13. The van der Waals surface area contributed by atoms with E-state index in [1.807, 2.05) is 31.2 Å². The van der Waals surface area contributed by atoms with Crippen LogP contribution in [0.1, 0.15) is 25.3 Å². The Kier molecular flexibility index (Phi) is 6.68. The van der Waals surface area contributed by atoms with E-state index in [2.05, 4.69) is 26.6 Å².